The first-order chi connectivity index (χ1) is 16.3. The molecule has 1 saturated heterocycles. The van der Waals surface area contributed by atoms with E-state index in [1.54, 1.807) is 12.0 Å². The minimum atomic E-state index is -0.944. The van der Waals surface area contributed by atoms with E-state index >= 15 is 8.78 Å². The third-order valence-electron chi connectivity index (χ3n) is 6.63. The molecule has 3 atom stereocenters. The number of carbonyl (C=O) groups is 1. The second-order valence-electron chi connectivity index (χ2n) is 9.00. The molecule has 34 heavy (non-hydrogen) atoms. The summed E-state index contributed by atoms with van der Waals surface area (Å²) in [7, 11) is 1.55. The summed E-state index contributed by atoms with van der Waals surface area (Å²) >= 11 is 1.26. The van der Waals surface area contributed by atoms with Crippen molar-refractivity contribution in [3.8, 4) is 5.75 Å². The molecule has 180 valence electrons. The number of anilines is 2. The summed E-state index contributed by atoms with van der Waals surface area (Å²) in [5.41, 5.74) is 13.8. The number of thiophene rings is 1. The van der Waals surface area contributed by atoms with Gasteiger partial charge in [-0.2, -0.15) is 0 Å². The standard InChI is InChI=1S/C24H26F2N4O3S/c1-11-3-4-13-22(28)23(34-24(13)29-11)17(31)6-12-5-14-18(33-10-12)7-16(21(26)20(14)25)30-8-15(27)19(9-30)32-2/h3-4,7,12,15,19H,5-6,8-10,27-28H2,1-2H3/t12-,15+,19+/m0/s1. The number of methoxy groups -OCH3 is 1. The quantitative estimate of drug-likeness (QED) is 0.530. The van der Waals surface area contributed by atoms with Gasteiger partial charge in [0.1, 0.15) is 10.6 Å². The second kappa shape index (κ2) is 8.75. The summed E-state index contributed by atoms with van der Waals surface area (Å²) in [5.74, 6) is -2.02. The van der Waals surface area contributed by atoms with Crippen molar-refractivity contribution in [1.29, 1.82) is 0 Å². The van der Waals surface area contributed by atoms with Crippen molar-refractivity contribution >= 4 is 38.7 Å². The number of ether oxygens (including phenoxy) is 2. The molecule has 1 aromatic carbocycles. The lowest BCUT2D eigenvalue weighted by molar-refractivity contribution is 0.0937. The molecule has 0 aliphatic carbocycles. The van der Waals surface area contributed by atoms with Gasteiger partial charge in [-0.05, 0) is 25.5 Å². The molecule has 0 unspecified atom stereocenters. The van der Waals surface area contributed by atoms with E-state index in [0.29, 0.717) is 34.2 Å². The molecule has 1 fully saturated rings. The maximum absolute atomic E-state index is 15.1. The van der Waals surface area contributed by atoms with Gasteiger partial charge in [0.05, 0.1) is 35.0 Å². The van der Waals surface area contributed by atoms with Crippen LogP contribution in [-0.2, 0) is 11.2 Å². The number of fused-ring (bicyclic) bond motifs is 2. The minimum absolute atomic E-state index is 0.113. The zero-order valence-corrected chi connectivity index (χ0v) is 19.8. The highest BCUT2D eigenvalue weighted by molar-refractivity contribution is 7.21. The third-order valence-corrected chi connectivity index (χ3v) is 7.78. The number of aryl methyl sites for hydroxylation is 1. The summed E-state index contributed by atoms with van der Waals surface area (Å²) < 4.78 is 41.2. The molecule has 5 rings (SSSR count). The monoisotopic (exact) mass is 488 g/mol. The van der Waals surface area contributed by atoms with Gasteiger partial charge in [-0.3, -0.25) is 4.79 Å². The van der Waals surface area contributed by atoms with Crippen molar-refractivity contribution < 1.29 is 23.0 Å². The third kappa shape index (κ3) is 3.89. The van der Waals surface area contributed by atoms with Crippen LogP contribution in [0, 0.1) is 24.5 Å². The topological polar surface area (TPSA) is 104 Å². The van der Waals surface area contributed by atoms with Gasteiger partial charge in [0.2, 0.25) is 0 Å². The lowest BCUT2D eigenvalue weighted by Crippen LogP contribution is -2.34. The van der Waals surface area contributed by atoms with E-state index in [-0.39, 0.29) is 54.5 Å². The van der Waals surface area contributed by atoms with Gasteiger partial charge in [-0.25, -0.2) is 13.8 Å². The summed E-state index contributed by atoms with van der Waals surface area (Å²) in [4.78, 5) is 20.3. The van der Waals surface area contributed by atoms with Gasteiger partial charge in [0.15, 0.2) is 17.4 Å². The Morgan fingerprint density at radius 3 is 2.85 bits per heavy atom. The molecule has 0 spiro atoms. The van der Waals surface area contributed by atoms with Crippen molar-refractivity contribution in [1.82, 2.24) is 4.98 Å². The van der Waals surface area contributed by atoms with Crippen molar-refractivity contribution in [2.45, 2.75) is 31.9 Å². The molecule has 0 saturated carbocycles. The van der Waals surface area contributed by atoms with E-state index in [4.69, 9.17) is 20.9 Å². The van der Waals surface area contributed by atoms with Crippen LogP contribution in [0.1, 0.15) is 27.3 Å². The molecule has 0 amide bonds. The number of nitrogen functional groups attached to an aromatic ring is 1. The first-order valence-corrected chi connectivity index (χ1v) is 11.9. The van der Waals surface area contributed by atoms with Crippen molar-refractivity contribution in [3.05, 3.63) is 46.0 Å². The van der Waals surface area contributed by atoms with Crippen molar-refractivity contribution in [3.63, 3.8) is 0 Å². The van der Waals surface area contributed by atoms with Gasteiger partial charge in [-0.1, -0.05) is 0 Å². The maximum Gasteiger partial charge on any atom is 0.182 e. The Morgan fingerprint density at radius 1 is 1.32 bits per heavy atom. The number of halogens is 2. The number of nitrogens with two attached hydrogens (primary N) is 2. The number of benzene rings is 1. The van der Waals surface area contributed by atoms with Crippen molar-refractivity contribution in [2.24, 2.45) is 11.7 Å². The molecule has 10 heteroatoms. The molecule has 4 heterocycles. The first kappa shape index (κ1) is 22.9. The van der Waals surface area contributed by atoms with E-state index in [9.17, 15) is 4.79 Å². The van der Waals surface area contributed by atoms with Gasteiger partial charge in [0.25, 0.3) is 0 Å². The Balaban J connectivity index is 1.35. The number of hydrogen-bond donors (Lipinski definition) is 2. The minimum Gasteiger partial charge on any atom is -0.493 e. The van der Waals surface area contributed by atoms with Crippen LogP contribution in [0.2, 0.25) is 0 Å². The molecule has 3 aromatic rings. The van der Waals surface area contributed by atoms with E-state index in [1.807, 2.05) is 19.1 Å². The molecule has 4 N–H and O–H groups in total. The zero-order chi connectivity index (χ0) is 24.1. The Kier molecular flexibility index (Phi) is 5.91. The highest BCUT2D eigenvalue weighted by atomic mass is 32.1. The van der Waals surface area contributed by atoms with E-state index < -0.39 is 11.6 Å². The first-order valence-electron chi connectivity index (χ1n) is 11.1. The number of Topliss-reactive ketones (excluding diaryl/α,β-unsaturated/α-hetero) is 1. The molecule has 0 radical (unpaired) electrons. The number of aromatic nitrogens is 1. The van der Waals surface area contributed by atoms with Crippen LogP contribution < -0.4 is 21.1 Å². The molecule has 7 nitrogen and oxygen atoms in total. The normalized spacial score (nSPS) is 22.1. The fourth-order valence-electron chi connectivity index (χ4n) is 4.76. The molecule has 0 bridgehead atoms. The summed E-state index contributed by atoms with van der Waals surface area (Å²) in [6.45, 7) is 2.83. The SMILES string of the molecule is CO[C@@H]1CN(c2cc3c(c(F)c2F)C[C@@H](CC(=O)c2sc4nc(C)ccc4c2N)CO3)C[C@H]1N. The number of carbonyl (C=O) groups excluding carboxylic acids is 1. The fourth-order valence-corrected chi connectivity index (χ4v) is 5.85. The summed E-state index contributed by atoms with van der Waals surface area (Å²) in [6, 6.07) is 4.94. The Labute approximate surface area is 199 Å². The van der Waals surface area contributed by atoms with Crippen LogP contribution in [0.25, 0.3) is 10.2 Å². The summed E-state index contributed by atoms with van der Waals surface area (Å²) in [5, 5.41) is 0.752. The van der Waals surface area contributed by atoms with Crippen LogP contribution in [-0.4, -0.2) is 49.7 Å². The Hall–Kier alpha value is -2.82. The van der Waals surface area contributed by atoms with Crippen LogP contribution in [0.5, 0.6) is 5.75 Å². The highest BCUT2D eigenvalue weighted by Crippen LogP contribution is 2.39. The van der Waals surface area contributed by atoms with Crippen molar-refractivity contribution in [2.75, 3.05) is 37.4 Å². The number of nitrogens with zero attached hydrogens (tertiary/aromatic N) is 2. The fraction of sp³-hybridized carbons (Fsp3) is 0.417. The highest BCUT2D eigenvalue weighted by Gasteiger charge is 2.35. The molecule has 2 aromatic heterocycles. The number of pyridine rings is 1. The Morgan fingerprint density at radius 2 is 2.12 bits per heavy atom. The largest absolute Gasteiger partial charge is 0.493 e. The van der Waals surface area contributed by atoms with E-state index in [1.165, 1.54) is 17.4 Å². The zero-order valence-electron chi connectivity index (χ0n) is 18.9. The number of rotatable bonds is 5. The average Bonchev–Trinajstić information content (AvgIpc) is 3.35. The van der Waals surface area contributed by atoms with Crippen LogP contribution in [0.3, 0.4) is 0 Å². The summed E-state index contributed by atoms with van der Waals surface area (Å²) in [6.07, 6.45) is 0.0663. The van der Waals surface area contributed by atoms with Gasteiger partial charge < -0.3 is 25.8 Å². The van der Waals surface area contributed by atoms with Crippen LogP contribution in [0.4, 0.5) is 20.2 Å². The van der Waals surface area contributed by atoms with Gasteiger partial charge in [-0.15, -0.1) is 11.3 Å². The van der Waals surface area contributed by atoms with Gasteiger partial charge in [0, 0.05) is 55.2 Å². The maximum atomic E-state index is 15.1. The lowest BCUT2D eigenvalue weighted by Gasteiger charge is -2.28. The second-order valence-corrected chi connectivity index (χ2v) is 10.0. The van der Waals surface area contributed by atoms with Crippen LogP contribution >= 0.6 is 11.3 Å². The molecular formula is C24H26F2N4O3S. The van der Waals surface area contributed by atoms with E-state index in [0.717, 1.165) is 11.1 Å². The number of hydrogen-bond acceptors (Lipinski definition) is 8. The predicted octanol–water partition coefficient (Wildman–Crippen LogP) is 3.45. The predicted molar refractivity (Wildman–Crippen MR) is 128 cm³/mol. The van der Waals surface area contributed by atoms with Crippen LogP contribution in [0.15, 0.2) is 18.2 Å². The number of ketones is 1. The lowest BCUT2D eigenvalue weighted by atomic mass is 9.91. The molecule has 2 aliphatic heterocycles. The smallest absolute Gasteiger partial charge is 0.182 e. The molecular weight excluding hydrogens is 462 g/mol. The Bertz CT molecular complexity index is 1280. The van der Waals surface area contributed by atoms with Gasteiger partial charge >= 0.3 is 0 Å². The average molecular weight is 489 g/mol. The van der Waals surface area contributed by atoms with E-state index in [2.05, 4.69) is 4.98 Å². The molecule has 2 aliphatic rings.